The normalized spacial score (nSPS) is 18.3. The van der Waals surface area contributed by atoms with Gasteiger partial charge in [0.05, 0.1) is 5.39 Å². The fourth-order valence-corrected chi connectivity index (χ4v) is 3.42. The molecular formula is C19H22N6. The molecule has 0 saturated carbocycles. The molecule has 0 aliphatic carbocycles. The Balaban J connectivity index is 1.47. The van der Waals surface area contributed by atoms with Crippen molar-refractivity contribution < 1.29 is 0 Å². The van der Waals surface area contributed by atoms with Gasteiger partial charge in [0.2, 0.25) is 0 Å². The molecule has 1 aliphatic rings. The molecule has 6 nitrogen and oxygen atoms in total. The fourth-order valence-electron chi connectivity index (χ4n) is 3.42. The molecule has 0 radical (unpaired) electrons. The zero-order valence-electron chi connectivity index (χ0n) is 14.1. The zero-order valence-corrected chi connectivity index (χ0v) is 14.1. The molecule has 1 unspecified atom stereocenters. The number of fused-ring (bicyclic) bond motifs is 1. The number of nitrogens with one attached hydrogen (secondary N) is 1. The Hall–Kier alpha value is -2.73. The predicted molar refractivity (Wildman–Crippen MR) is 100 cm³/mol. The Morgan fingerprint density at radius 3 is 2.88 bits per heavy atom. The van der Waals surface area contributed by atoms with Gasteiger partial charge in [-0.2, -0.15) is 0 Å². The summed E-state index contributed by atoms with van der Waals surface area (Å²) in [6.45, 7) is 3.13. The summed E-state index contributed by atoms with van der Waals surface area (Å²) in [5, 5.41) is 4.50. The van der Waals surface area contributed by atoms with Crippen LogP contribution < -0.4 is 11.1 Å². The summed E-state index contributed by atoms with van der Waals surface area (Å²) in [7, 11) is 0. The zero-order chi connectivity index (χ0) is 17.1. The van der Waals surface area contributed by atoms with Crippen molar-refractivity contribution in [1.29, 1.82) is 0 Å². The molecule has 6 heteroatoms. The average Bonchev–Trinajstić information content (AvgIpc) is 2.63. The minimum atomic E-state index is 0.369. The summed E-state index contributed by atoms with van der Waals surface area (Å²) in [5.41, 5.74) is 7.74. The first-order chi connectivity index (χ1) is 12.3. The number of hydrogen-bond acceptors (Lipinski definition) is 6. The van der Waals surface area contributed by atoms with Crippen molar-refractivity contribution in [2.24, 2.45) is 0 Å². The summed E-state index contributed by atoms with van der Waals surface area (Å²) in [6.07, 6.45) is 3.86. The lowest BCUT2D eigenvalue weighted by Crippen LogP contribution is -2.41. The molecule has 2 aromatic heterocycles. The van der Waals surface area contributed by atoms with Crippen LogP contribution >= 0.6 is 0 Å². The Bertz CT molecular complexity index is 851. The molecule has 128 valence electrons. The van der Waals surface area contributed by atoms with E-state index in [9.17, 15) is 0 Å². The van der Waals surface area contributed by atoms with Crippen LogP contribution in [0.3, 0.4) is 0 Å². The summed E-state index contributed by atoms with van der Waals surface area (Å²) >= 11 is 0. The lowest BCUT2D eigenvalue weighted by molar-refractivity contribution is 0.208. The van der Waals surface area contributed by atoms with Crippen molar-refractivity contribution in [1.82, 2.24) is 19.9 Å². The van der Waals surface area contributed by atoms with E-state index in [1.165, 1.54) is 12.0 Å². The van der Waals surface area contributed by atoms with Crippen LogP contribution in [0.1, 0.15) is 18.4 Å². The predicted octanol–water partition coefficient (Wildman–Crippen LogP) is 2.68. The van der Waals surface area contributed by atoms with Crippen molar-refractivity contribution in [3.63, 3.8) is 0 Å². The molecule has 0 amide bonds. The van der Waals surface area contributed by atoms with E-state index in [0.717, 1.165) is 37.3 Å². The second kappa shape index (κ2) is 7.03. The maximum absolute atomic E-state index is 5.75. The summed E-state index contributed by atoms with van der Waals surface area (Å²) in [4.78, 5) is 15.4. The molecule has 1 aromatic carbocycles. The van der Waals surface area contributed by atoms with Crippen LogP contribution in [-0.4, -0.2) is 39.0 Å². The van der Waals surface area contributed by atoms with Crippen LogP contribution in [0.4, 0.5) is 11.6 Å². The van der Waals surface area contributed by atoms with Crippen molar-refractivity contribution in [3.05, 3.63) is 54.4 Å². The van der Waals surface area contributed by atoms with E-state index in [2.05, 4.69) is 55.5 Å². The number of pyridine rings is 1. The molecule has 3 heterocycles. The van der Waals surface area contributed by atoms with Gasteiger partial charge in [-0.25, -0.2) is 15.0 Å². The summed E-state index contributed by atoms with van der Waals surface area (Å²) in [6, 6.07) is 14.7. The Morgan fingerprint density at radius 2 is 2.00 bits per heavy atom. The summed E-state index contributed by atoms with van der Waals surface area (Å²) < 4.78 is 0. The van der Waals surface area contributed by atoms with Crippen LogP contribution in [0.15, 0.2) is 48.8 Å². The van der Waals surface area contributed by atoms with Crippen molar-refractivity contribution in [3.8, 4) is 0 Å². The lowest BCUT2D eigenvalue weighted by atomic mass is 10.0. The second-order valence-electron chi connectivity index (χ2n) is 6.53. The first-order valence-corrected chi connectivity index (χ1v) is 8.68. The fraction of sp³-hybridized carbons (Fsp3) is 0.316. The van der Waals surface area contributed by atoms with Gasteiger partial charge in [-0.15, -0.1) is 0 Å². The highest BCUT2D eigenvalue weighted by Gasteiger charge is 2.21. The van der Waals surface area contributed by atoms with E-state index in [-0.39, 0.29) is 0 Å². The van der Waals surface area contributed by atoms with Gasteiger partial charge >= 0.3 is 0 Å². The highest BCUT2D eigenvalue weighted by Crippen LogP contribution is 2.22. The van der Waals surface area contributed by atoms with E-state index in [4.69, 9.17) is 5.73 Å². The maximum Gasteiger partial charge on any atom is 0.166 e. The number of hydrogen-bond donors (Lipinski definition) is 2. The van der Waals surface area contributed by atoms with Gasteiger partial charge in [0, 0.05) is 19.1 Å². The molecule has 4 rings (SSSR count). The number of nitrogens with two attached hydrogens (primary N) is 1. The van der Waals surface area contributed by atoms with Gasteiger partial charge in [-0.1, -0.05) is 30.3 Å². The largest absolute Gasteiger partial charge is 0.384 e. The number of rotatable bonds is 4. The third-order valence-corrected chi connectivity index (χ3v) is 4.61. The van der Waals surface area contributed by atoms with Crippen molar-refractivity contribution >= 4 is 22.7 Å². The smallest absolute Gasteiger partial charge is 0.166 e. The van der Waals surface area contributed by atoms with Crippen LogP contribution in [-0.2, 0) is 6.54 Å². The quantitative estimate of drug-likeness (QED) is 0.763. The van der Waals surface area contributed by atoms with E-state index >= 15 is 0 Å². The Kier molecular flexibility index (Phi) is 4.43. The first kappa shape index (κ1) is 15.8. The van der Waals surface area contributed by atoms with E-state index in [1.54, 1.807) is 12.4 Å². The molecule has 1 fully saturated rings. The van der Waals surface area contributed by atoms with E-state index in [0.29, 0.717) is 17.5 Å². The van der Waals surface area contributed by atoms with Gasteiger partial charge in [0.25, 0.3) is 0 Å². The van der Waals surface area contributed by atoms with Crippen molar-refractivity contribution in [2.45, 2.75) is 25.4 Å². The number of benzene rings is 1. The molecule has 25 heavy (non-hydrogen) atoms. The maximum atomic E-state index is 5.75. The molecule has 0 bridgehead atoms. The van der Waals surface area contributed by atoms with Crippen LogP contribution in [0.25, 0.3) is 11.0 Å². The SMILES string of the molecule is Nc1ccc2c(NC3CCCN(Cc4ccccc4)C3)ncnc2n1. The van der Waals surface area contributed by atoms with Crippen LogP contribution in [0.5, 0.6) is 0 Å². The number of anilines is 2. The number of nitrogen functional groups attached to an aromatic ring is 1. The minimum Gasteiger partial charge on any atom is -0.384 e. The Labute approximate surface area is 147 Å². The van der Waals surface area contributed by atoms with Gasteiger partial charge in [-0.05, 0) is 37.1 Å². The number of piperidine rings is 1. The van der Waals surface area contributed by atoms with Crippen LogP contribution in [0, 0.1) is 0 Å². The molecule has 0 spiro atoms. The number of nitrogens with zero attached hydrogens (tertiary/aromatic N) is 4. The number of aromatic nitrogens is 3. The van der Waals surface area contributed by atoms with Gasteiger partial charge in [-0.3, -0.25) is 4.90 Å². The average molecular weight is 334 g/mol. The molecule has 1 aliphatic heterocycles. The third-order valence-electron chi connectivity index (χ3n) is 4.61. The van der Waals surface area contributed by atoms with Gasteiger partial charge in [0.1, 0.15) is 18.0 Å². The molecule has 1 saturated heterocycles. The first-order valence-electron chi connectivity index (χ1n) is 8.68. The number of likely N-dealkylation sites (tertiary alicyclic amines) is 1. The highest BCUT2D eigenvalue weighted by molar-refractivity contribution is 5.87. The van der Waals surface area contributed by atoms with E-state index in [1.807, 2.05) is 6.07 Å². The molecule has 3 aromatic rings. The topological polar surface area (TPSA) is 80.0 Å². The molecule has 1 atom stereocenters. The van der Waals surface area contributed by atoms with Crippen LogP contribution in [0.2, 0.25) is 0 Å². The van der Waals surface area contributed by atoms with Gasteiger partial charge < -0.3 is 11.1 Å². The Morgan fingerprint density at radius 1 is 1.12 bits per heavy atom. The second-order valence-corrected chi connectivity index (χ2v) is 6.53. The minimum absolute atomic E-state index is 0.369. The van der Waals surface area contributed by atoms with E-state index < -0.39 is 0 Å². The summed E-state index contributed by atoms with van der Waals surface area (Å²) in [5.74, 6) is 1.31. The standard InChI is InChI=1S/C19H22N6/c20-17-9-8-16-18(21-13-22-19(16)24-17)23-15-7-4-10-25(12-15)11-14-5-2-1-3-6-14/h1-3,5-6,8-9,13,15H,4,7,10-12H2,(H3,20,21,22,23,24). The highest BCUT2D eigenvalue weighted by atomic mass is 15.2. The molecule has 3 N–H and O–H groups in total. The molecular weight excluding hydrogens is 312 g/mol. The third kappa shape index (κ3) is 3.69. The van der Waals surface area contributed by atoms with Crippen molar-refractivity contribution in [2.75, 3.05) is 24.1 Å². The monoisotopic (exact) mass is 334 g/mol. The lowest BCUT2D eigenvalue weighted by Gasteiger charge is -2.33. The van der Waals surface area contributed by atoms with Gasteiger partial charge in [0.15, 0.2) is 5.65 Å².